The first-order valence-corrected chi connectivity index (χ1v) is 11.4. The number of aliphatic imine (C=N–C) groups is 1. The van der Waals surface area contributed by atoms with E-state index < -0.39 is 0 Å². The van der Waals surface area contributed by atoms with Gasteiger partial charge in [-0.2, -0.15) is 0 Å². The highest BCUT2D eigenvalue weighted by atomic mass is 127. The lowest BCUT2D eigenvalue weighted by Gasteiger charge is -2.59. The third-order valence-corrected chi connectivity index (χ3v) is 7.53. The summed E-state index contributed by atoms with van der Waals surface area (Å²) in [5, 5.41) is 16.3. The molecule has 2 unspecified atom stereocenters. The average molecular weight is 545 g/mol. The van der Waals surface area contributed by atoms with Gasteiger partial charge in [0, 0.05) is 50.5 Å². The van der Waals surface area contributed by atoms with Crippen molar-refractivity contribution in [3.8, 4) is 0 Å². The molecule has 1 heterocycles. The second-order valence-electron chi connectivity index (χ2n) is 9.53. The zero-order chi connectivity index (χ0) is 21.8. The molecule has 1 saturated heterocycles. The number of halogens is 1. The van der Waals surface area contributed by atoms with Crippen LogP contribution in [0.5, 0.6) is 0 Å². The predicted octanol–water partition coefficient (Wildman–Crippen LogP) is 3.77. The molecule has 7 heteroatoms. The number of nitrogens with one attached hydrogen (secondary N) is 2. The number of guanidine groups is 1. The maximum Gasteiger partial charge on any atom is 0.191 e. The van der Waals surface area contributed by atoms with Gasteiger partial charge in [-0.3, -0.25) is 0 Å². The van der Waals surface area contributed by atoms with Crippen LogP contribution in [0, 0.1) is 11.3 Å². The van der Waals surface area contributed by atoms with Crippen LogP contribution < -0.4 is 15.5 Å². The molecular formula is C24H41IN4O2. The van der Waals surface area contributed by atoms with E-state index in [0.717, 1.165) is 44.9 Å². The lowest BCUT2D eigenvalue weighted by atomic mass is 9.56. The van der Waals surface area contributed by atoms with Crippen molar-refractivity contribution in [2.45, 2.75) is 65.1 Å². The zero-order valence-corrected chi connectivity index (χ0v) is 22.1. The molecule has 0 radical (unpaired) electrons. The second-order valence-corrected chi connectivity index (χ2v) is 9.53. The number of methoxy groups -OCH3 is 1. The van der Waals surface area contributed by atoms with Crippen molar-refractivity contribution in [2.24, 2.45) is 16.3 Å². The smallest absolute Gasteiger partial charge is 0.191 e. The summed E-state index contributed by atoms with van der Waals surface area (Å²) in [6, 6.07) is 9.09. The predicted molar refractivity (Wildman–Crippen MR) is 139 cm³/mol. The molecule has 1 aliphatic carbocycles. The van der Waals surface area contributed by atoms with Crippen LogP contribution in [0.1, 0.15) is 52.5 Å². The summed E-state index contributed by atoms with van der Waals surface area (Å²) >= 11 is 0. The number of hydrogen-bond acceptors (Lipinski definition) is 4. The molecule has 0 amide bonds. The Morgan fingerprint density at radius 3 is 2.35 bits per heavy atom. The molecule has 176 valence electrons. The number of anilines is 1. The van der Waals surface area contributed by atoms with Crippen LogP contribution >= 0.6 is 24.0 Å². The first kappa shape index (κ1) is 26.2. The Balaban J connectivity index is 0.00000341. The SMILES string of the molecule is CCNC(=NCc1ccc(N2CCC(CO)CC2)cc1)NC1CC(C)(OC)C1(C)C.I. The highest BCUT2D eigenvalue weighted by molar-refractivity contribution is 14.0. The number of ether oxygens (including phenoxy) is 1. The van der Waals surface area contributed by atoms with Crippen LogP contribution in [-0.4, -0.2) is 56.1 Å². The third-order valence-electron chi connectivity index (χ3n) is 7.53. The lowest BCUT2D eigenvalue weighted by Crippen LogP contribution is -2.69. The molecule has 2 fully saturated rings. The molecule has 31 heavy (non-hydrogen) atoms. The van der Waals surface area contributed by atoms with E-state index in [4.69, 9.17) is 9.73 Å². The molecule has 1 saturated carbocycles. The Bertz CT molecular complexity index is 717. The van der Waals surface area contributed by atoms with E-state index in [1.54, 1.807) is 7.11 Å². The van der Waals surface area contributed by atoms with Gasteiger partial charge >= 0.3 is 0 Å². The first-order valence-electron chi connectivity index (χ1n) is 11.4. The zero-order valence-electron chi connectivity index (χ0n) is 19.8. The largest absolute Gasteiger partial charge is 0.396 e. The van der Waals surface area contributed by atoms with E-state index in [9.17, 15) is 5.11 Å². The van der Waals surface area contributed by atoms with Gasteiger partial charge in [-0.1, -0.05) is 26.0 Å². The number of nitrogens with zero attached hydrogens (tertiary/aromatic N) is 2. The molecule has 3 N–H and O–H groups in total. The minimum atomic E-state index is -0.0938. The summed E-state index contributed by atoms with van der Waals surface area (Å²) in [5.74, 6) is 1.33. The quantitative estimate of drug-likeness (QED) is 0.277. The topological polar surface area (TPSA) is 69.1 Å². The van der Waals surface area contributed by atoms with E-state index in [0.29, 0.717) is 25.1 Å². The van der Waals surface area contributed by atoms with Crippen LogP contribution in [0.15, 0.2) is 29.3 Å². The fourth-order valence-electron chi connectivity index (χ4n) is 4.56. The van der Waals surface area contributed by atoms with Crippen molar-refractivity contribution >= 4 is 35.6 Å². The van der Waals surface area contributed by atoms with Crippen LogP contribution in [0.3, 0.4) is 0 Å². The van der Waals surface area contributed by atoms with Crippen molar-refractivity contribution in [2.75, 3.05) is 38.3 Å². The van der Waals surface area contributed by atoms with Gasteiger partial charge in [-0.25, -0.2) is 4.99 Å². The molecular weight excluding hydrogens is 503 g/mol. The van der Waals surface area contributed by atoms with Gasteiger partial charge in [-0.05, 0) is 56.7 Å². The monoisotopic (exact) mass is 544 g/mol. The van der Waals surface area contributed by atoms with Crippen LogP contribution in [0.2, 0.25) is 0 Å². The summed E-state index contributed by atoms with van der Waals surface area (Å²) in [7, 11) is 1.80. The maximum atomic E-state index is 9.32. The lowest BCUT2D eigenvalue weighted by molar-refractivity contribution is -0.176. The summed E-state index contributed by atoms with van der Waals surface area (Å²) in [4.78, 5) is 7.23. The van der Waals surface area contributed by atoms with Crippen molar-refractivity contribution in [1.29, 1.82) is 0 Å². The standard InChI is InChI=1S/C24H40N4O2.HI/c1-6-25-22(27-21-15-24(4,30-5)23(21,2)3)26-16-18-7-9-20(10-8-18)28-13-11-19(17-29)12-14-28;/h7-10,19,21,29H,6,11-17H2,1-5H3,(H2,25,26,27);1H. The minimum Gasteiger partial charge on any atom is -0.396 e. The van der Waals surface area contributed by atoms with Gasteiger partial charge in [0.2, 0.25) is 0 Å². The number of piperidine rings is 1. The van der Waals surface area contributed by atoms with Gasteiger partial charge in [0.1, 0.15) is 0 Å². The van der Waals surface area contributed by atoms with E-state index in [-0.39, 0.29) is 35.0 Å². The molecule has 0 spiro atoms. The average Bonchev–Trinajstić information content (AvgIpc) is 2.77. The molecule has 3 rings (SSSR count). The van der Waals surface area contributed by atoms with Crippen molar-refractivity contribution in [1.82, 2.24) is 10.6 Å². The summed E-state index contributed by atoms with van der Waals surface area (Å²) in [6.07, 6.45) is 3.11. The first-order chi connectivity index (χ1) is 14.3. The normalized spacial score (nSPS) is 26.1. The summed E-state index contributed by atoms with van der Waals surface area (Å²) < 4.78 is 5.75. The van der Waals surface area contributed by atoms with Crippen LogP contribution in [0.25, 0.3) is 0 Å². The molecule has 1 aromatic carbocycles. The highest BCUT2D eigenvalue weighted by Crippen LogP contribution is 2.51. The number of benzene rings is 1. The number of rotatable bonds is 7. The van der Waals surface area contributed by atoms with E-state index in [1.807, 2.05) is 0 Å². The molecule has 2 atom stereocenters. The van der Waals surface area contributed by atoms with Gasteiger partial charge in [0.25, 0.3) is 0 Å². The number of hydrogen-bond donors (Lipinski definition) is 3. The maximum absolute atomic E-state index is 9.32. The van der Waals surface area contributed by atoms with E-state index >= 15 is 0 Å². The summed E-state index contributed by atoms with van der Waals surface area (Å²) in [5.41, 5.74) is 2.42. The summed E-state index contributed by atoms with van der Waals surface area (Å²) in [6.45, 7) is 12.6. The highest BCUT2D eigenvalue weighted by Gasteiger charge is 2.58. The van der Waals surface area contributed by atoms with E-state index in [2.05, 4.69) is 67.5 Å². The minimum absolute atomic E-state index is 0. The molecule has 0 aromatic heterocycles. The van der Waals surface area contributed by atoms with Crippen molar-refractivity contribution < 1.29 is 9.84 Å². The number of aliphatic hydroxyl groups excluding tert-OH is 1. The van der Waals surface area contributed by atoms with Gasteiger partial charge in [0.05, 0.1) is 12.1 Å². The van der Waals surface area contributed by atoms with Gasteiger partial charge < -0.3 is 25.4 Å². The van der Waals surface area contributed by atoms with Crippen LogP contribution in [0.4, 0.5) is 5.69 Å². The molecule has 0 bridgehead atoms. The molecule has 1 aromatic rings. The van der Waals surface area contributed by atoms with Crippen molar-refractivity contribution in [3.05, 3.63) is 29.8 Å². The Morgan fingerprint density at radius 2 is 1.84 bits per heavy atom. The Hall–Kier alpha value is -1.06. The van der Waals surface area contributed by atoms with Crippen LogP contribution in [-0.2, 0) is 11.3 Å². The second kappa shape index (κ2) is 11.2. The fourth-order valence-corrected chi connectivity index (χ4v) is 4.56. The van der Waals surface area contributed by atoms with Crippen molar-refractivity contribution in [3.63, 3.8) is 0 Å². The van der Waals surface area contributed by atoms with Gasteiger partial charge in [-0.15, -0.1) is 24.0 Å². The molecule has 6 nitrogen and oxygen atoms in total. The van der Waals surface area contributed by atoms with Gasteiger partial charge in [0.15, 0.2) is 5.96 Å². The Kier molecular flexibility index (Phi) is 9.45. The molecule has 1 aliphatic heterocycles. The van der Waals surface area contributed by atoms with E-state index in [1.165, 1.54) is 11.3 Å². The molecule has 2 aliphatic rings. The Morgan fingerprint density at radius 1 is 1.19 bits per heavy atom. The number of aliphatic hydroxyl groups is 1. The Labute approximate surface area is 205 Å². The fraction of sp³-hybridized carbons (Fsp3) is 0.708. The third kappa shape index (κ3) is 5.85.